The van der Waals surface area contributed by atoms with Gasteiger partial charge in [0.25, 0.3) is 0 Å². The molecule has 6 heteroatoms. The number of carboxylic acids is 1. The topological polar surface area (TPSA) is 78.4 Å². The van der Waals surface area contributed by atoms with E-state index in [0.29, 0.717) is 18.9 Å². The zero-order valence-electron chi connectivity index (χ0n) is 11.6. The lowest BCUT2D eigenvalue weighted by Crippen LogP contribution is -2.46. The van der Waals surface area contributed by atoms with Crippen molar-refractivity contribution in [3.8, 4) is 0 Å². The summed E-state index contributed by atoms with van der Waals surface area (Å²) in [6.07, 6.45) is 5.05. The first-order chi connectivity index (χ1) is 9.02. The number of hydrogen-bond donors (Lipinski definition) is 3. The maximum Gasteiger partial charge on any atom is 0.315 e. The predicted octanol–water partition coefficient (Wildman–Crippen LogP) is 1.93. The normalized spacial score (nSPS) is 24.5. The maximum atomic E-state index is 11.7. The fourth-order valence-electron chi connectivity index (χ4n) is 2.39. The number of carboxylic acid groups (broad SMARTS) is 1. The summed E-state index contributed by atoms with van der Waals surface area (Å²) in [5.74, 6) is 0.402. The molecule has 1 rings (SSSR count). The third kappa shape index (κ3) is 6.18. The average molecular weight is 288 g/mol. The van der Waals surface area contributed by atoms with Gasteiger partial charge >= 0.3 is 12.0 Å². The lowest BCUT2D eigenvalue weighted by molar-refractivity contribution is -0.143. The zero-order chi connectivity index (χ0) is 14.3. The first-order valence-corrected chi connectivity index (χ1v) is 8.18. The molecule has 0 saturated heterocycles. The largest absolute Gasteiger partial charge is 0.481 e. The molecule has 5 nitrogen and oxygen atoms in total. The summed E-state index contributed by atoms with van der Waals surface area (Å²) in [5.41, 5.74) is 0. The van der Waals surface area contributed by atoms with Crippen LogP contribution in [0.4, 0.5) is 4.79 Å². The van der Waals surface area contributed by atoms with E-state index in [9.17, 15) is 9.59 Å². The molecule has 1 fully saturated rings. The van der Waals surface area contributed by atoms with Crippen LogP contribution in [-0.4, -0.2) is 41.7 Å². The van der Waals surface area contributed by atoms with Gasteiger partial charge in [-0.3, -0.25) is 4.79 Å². The van der Waals surface area contributed by atoms with Gasteiger partial charge in [-0.2, -0.15) is 11.8 Å². The monoisotopic (exact) mass is 288 g/mol. The highest BCUT2D eigenvalue weighted by molar-refractivity contribution is 7.98. The lowest BCUT2D eigenvalue weighted by Gasteiger charge is -2.27. The Morgan fingerprint density at radius 1 is 1.42 bits per heavy atom. The third-order valence-electron chi connectivity index (χ3n) is 3.42. The van der Waals surface area contributed by atoms with Gasteiger partial charge in [0.05, 0.1) is 5.92 Å². The number of carbonyl (C=O) groups excluding carboxylic acids is 1. The van der Waals surface area contributed by atoms with Crippen molar-refractivity contribution in [2.24, 2.45) is 11.8 Å². The molecule has 0 aromatic heterocycles. The van der Waals surface area contributed by atoms with Gasteiger partial charge < -0.3 is 15.7 Å². The second-order valence-corrected chi connectivity index (χ2v) is 6.22. The second-order valence-electron chi connectivity index (χ2n) is 5.31. The fourth-order valence-corrected chi connectivity index (χ4v) is 3.08. The minimum atomic E-state index is -0.750. The summed E-state index contributed by atoms with van der Waals surface area (Å²) in [4.78, 5) is 22.7. The number of thioether (sulfide) groups is 1. The zero-order valence-corrected chi connectivity index (χ0v) is 12.5. The number of nitrogens with one attached hydrogen (secondary N) is 2. The average Bonchev–Trinajstić information content (AvgIpc) is 2.37. The Balaban J connectivity index is 2.26. The Morgan fingerprint density at radius 3 is 2.79 bits per heavy atom. The first-order valence-electron chi connectivity index (χ1n) is 6.79. The molecule has 0 spiro atoms. The van der Waals surface area contributed by atoms with E-state index in [1.807, 2.05) is 6.26 Å². The summed E-state index contributed by atoms with van der Waals surface area (Å²) in [7, 11) is 0. The minimum absolute atomic E-state index is 0.00861. The Bertz CT molecular complexity index is 312. The van der Waals surface area contributed by atoms with Crippen molar-refractivity contribution in [2.75, 3.05) is 18.6 Å². The van der Waals surface area contributed by atoms with Crippen LogP contribution in [0.3, 0.4) is 0 Å². The maximum absolute atomic E-state index is 11.7. The molecule has 0 bridgehead atoms. The SMILES string of the molecule is CSCC(C)CNC(=O)NC1CCCC(C(=O)O)C1. The molecule has 0 aliphatic heterocycles. The summed E-state index contributed by atoms with van der Waals surface area (Å²) in [6, 6.07) is -0.185. The molecule has 19 heavy (non-hydrogen) atoms. The van der Waals surface area contributed by atoms with Crippen LogP contribution in [0, 0.1) is 11.8 Å². The molecule has 110 valence electrons. The molecule has 0 aromatic rings. The van der Waals surface area contributed by atoms with E-state index in [1.54, 1.807) is 11.8 Å². The highest BCUT2D eigenvalue weighted by Crippen LogP contribution is 2.24. The summed E-state index contributed by atoms with van der Waals surface area (Å²) >= 11 is 1.76. The molecular formula is C13H24N2O3S. The van der Waals surface area contributed by atoms with E-state index in [0.717, 1.165) is 25.0 Å². The minimum Gasteiger partial charge on any atom is -0.481 e. The van der Waals surface area contributed by atoms with Crippen LogP contribution in [0.1, 0.15) is 32.6 Å². The van der Waals surface area contributed by atoms with Crippen LogP contribution >= 0.6 is 11.8 Å². The van der Waals surface area contributed by atoms with Gasteiger partial charge in [-0.1, -0.05) is 13.3 Å². The fraction of sp³-hybridized carbons (Fsp3) is 0.846. The van der Waals surface area contributed by atoms with Gasteiger partial charge in [0.15, 0.2) is 0 Å². The van der Waals surface area contributed by atoms with Crippen LogP contribution in [0.15, 0.2) is 0 Å². The number of urea groups is 1. The van der Waals surface area contributed by atoms with E-state index >= 15 is 0 Å². The Hall–Kier alpha value is -0.910. The summed E-state index contributed by atoms with van der Waals surface area (Å²) < 4.78 is 0. The van der Waals surface area contributed by atoms with E-state index < -0.39 is 5.97 Å². The van der Waals surface area contributed by atoms with Crippen molar-refractivity contribution >= 4 is 23.8 Å². The lowest BCUT2D eigenvalue weighted by atomic mass is 9.86. The van der Waals surface area contributed by atoms with E-state index in [2.05, 4.69) is 17.6 Å². The molecule has 1 aliphatic carbocycles. The van der Waals surface area contributed by atoms with Gasteiger partial charge in [0.2, 0.25) is 0 Å². The highest BCUT2D eigenvalue weighted by atomic mass is 32.2. The quantitative estimate of drug-likeness (QED) is 0.698. The van der Waals surface area contributed by atoms with Crippen molar-refractivity contribution in [2.45, 2.75) is 38.6 Å². The number of amides is 2. The van der Waals surface area contributed by atoms with E-state index in [-0.39, 0.29) is 18.0 Å². The van der Waals surface area contributed by atoms with Gasteiger partial charge in [-0.15, -0.1) is 0 Å². The highest BCUT2D eigenvalue weighted by Gasteiger charge is 2.27. The smallest absolute Gasteiger partial charge is 0.315 e. The van der Waals surface area contributed by atoms with Crippen molar-refractivity contribution in [1.29, 1.82) is 0 Å². The molecule has 2 amide bonds. The van der Waals surface area contributed by atoms with E-state index in [1.165, 1.54) is 0 Å². The van der Waals surface area contributed by atoms with E-state index in [4.69, 9.17) is 5.11 Å². The Labute approximate surface area is 118 Å². The van der Waals surface area contributed by atoms with Crippen LogP contribution in [0.5, 0.6) is 0 Å². The summed E-state index contributed by atoms with van der Waals surface area (Å²) in [5, 5.41) is 14.7. The molecule has 0 aromatic carbocycles. The van der Waals surface area contributed by atoms with Crippen LogP contribution in [-0.2, 0) is 4.79 Å². The van der Waals surface area contributed by atoms with Gasteiger partial charge in [-0.25, -0.2) is 4.79 Å². The summed E-state index contributed by atoms with van der Waals surface area (Å²) in [6.45, 7) is 2.75. The third-order valence-corrected chi connectivity index (χ3v) is 4.32. The molecular weight excluding hydrogens is 264 g/mol. The molecule has 1 saturated carbocycles. The Morgan fingerprint density at radius 2 is 2.16 bits per heavy atom. The van der Waals surface area contributed by atoms with Crippen molar-refractivity contribution < 1.29 is 14.7 Å². The van der Waals surface area contributed by atoms with Crippen molar-refractivity contribution in [1.82, 2.24) is 10.6 Å². The first kappa shape index (κ1) is 16.1. The predicted molar refractivity (Wildman–Crippen MR) is 77.5 cm³/mol. The standard InChI is InChI=1S/C13H24N2O3S/c1-9(8-19-2)7-14-13(18)15-11-5-3-4-10(6-11)12(16)17/h9-11H,3-8H2,1-2H3,(H,16,17)(H2,14,15,18). The van der Waals surface area contributed by atoms with Gasteiger partial charge in [-0.05, 0) is 37.2 Å². The number of rotatable bonds is 6. The number of hydrogen-bond acceptors (Lipinski definition) is 3. The number of aliphatic carboxylic acids is 1. The molecule has 0 heterocycles. The molecule has 3 unspecified atom stereocenters. The van der Waals surface area contributed by atoms with Crippen LogP contribution in [0.25, 0.3) is 0 Å². The van der Waals surface area contributed by atoms with Crippen LogP contribution in [0.2, 0.25) is 0 Å². The van der Waals surface area contributed by atoms with Gasteiger partial charge in [0.1, 0.15) is 0 Å². The van der Waals surface area contributed by atoms with Crippen LogP contribution < -0.4 is 10.6 Å². The number of carbonyl (C=O) groups is 2. The molecule has 1 aliphatic rings. The second kappa shape index (κ2) is 8.30. The molecule has 3 N–H and O–H groups in total. The Kier molecular flexibility index (Phi) is 7.05. The molecule has 0 radical (unpaired) electrons. The van der Waals surface area contributed by atoms with Gasteiger partial charge in [0, 0.05) is 12.6 Å². The van der Waals surface area contributed by atoms with Crippen molar-refractivity contribution in [3.05, 3.63) is 0 Å². The molecule has 3 atom stereocenters. The van der Waals surface area contributed by atoms with Crippen molar-refractivity contribution in [3.63, 3.8) is 0 Å².